The van der Waals surface area contributed by atoms with E-state index in [4.69, 9.17) is 4.52 Å². The highest BCUT2D eigenvalue weighted by molar-refractivity contribution is 7.43. The zero-order valence-electron chi connectivity index (χ0n) is 30.9. The Kier molecular flexibility index (Phi) is 36.4. The largest absolute Gasteiger partial charge is 0.390 e. The van der Waals surface area contributed by atoms with Crippen LogP contribution in [-0.2, 0) is 4.52 Å². The van der Waals surface area contributed by atoms with Gasteiger partial charge < -0.3 is 19.4 Å². The van der Waals surface area contributed by atoms with E-state index in [1.165, 1.54) is 89.9 Å². The van der Waals surface area contributed by atoms with Gasteiger partial charge in [0.1, 0.15) is 0 Å². The maximum absolute atomic E-state index is 11.0. The molecule has 0 fully saturated rings. The zero-order valence-corrected chi connectivity index (χ0v) is 31.7. The van der Waals surface area contributed by atoms with Gasteiger partial charge >= 0.3 is 0 Å². The van der Waals surface area contributed by atoms with Gasteiger partial charge in [0, 0.05) is 13.1 Å². The Hall–Kier alpha value is -0.810. The first-order valence-corrected chi connectivity index (χ1v) is 20.5. The van der Waals surface area contributed by atoms with Crippen LogP contribution in [-0.4, -0.2) is 54.3 Å². The van der Waals surface area contributed by atoms with E-state index in [0.717, 1.165) is 70.8 Å². The third kappa shape index (κ3) is 34.5. The molecule has 0 saturated carbocycles. The topological polar surface area (TPSA) is 65.0 Å². The van der Waals surface area contributed by atoms with Crippen molar-refractivity contribution in [2.24, 2.45) is 0 Å². The van der Waals surface area contributed by atoms with E-state index >= 15 is 0 Å². The lowest BCUT2D eigenvalue weighted by molar-refractivity contribution is 0.0228. The summed E-state index contributed by atoms with van der Waals surface area (Å²) in [5, 5.41) is 14.1. The third-order valence-electron chi connectivity index (χ3n) is 8.36. The smallest absolute Gasteiger partial charge is 0.253 e. The Morgan fingerprint density at radius 3 is 1.46 bits per heavy atom. The average molecular weight is 665 g/mol. The summed E-state index contributed by atoms with van der Waals surface area (Å²) in [5.41, 5.74) is 0. The Bertz CT molecular complexity index is 725. The van der Waals surface area contributed by atoms with E-state index in [2.05, 4.69) is 72.4 Å². The number of hydrogen-bond acceptors (Lipinski definition) is 5. The molecule has 0 bridgehead atoms. The molecule has 0 aromatic rings. The van der Waals surface area contributed by atoms with Gasteiger partial charge in [0.05, 0.1) is 12.2 Å². The van der Waals surface area contributed by atoms with Gasteiger partial charge in [-0.3, -0.25) is 0 Å². The van der Waals surface area contributed by atoms with Gasteiger partial charge in [-0.05, 0) is 91.1 Å². The minimum absolute atomic E-state index is 0.299. The molecule has 0 aromatic carbocycles. The summed E-state index contributed by atoms with van der Waals surface area (Å²) >= 11 is 0. The molecular weight excluding hydrogens is 587 g/mol. The van der Waals surface area contributed by atoms with E-state index < -0.39 is 14.6 Å². The van der Waals surface area contributed by atoms with Crippen LogP contribution in [0.25, 0.3) is 0 Å². The molecule has 3 unspecified atom stereocenters. The van der Waals surface area contributed by atoms with Gasteiger partial charge in [0.15, 0.2) is 0 Å². The van der Waals surface area contributed by atoms with Crippen LogP contribution in [0, 0.1) is 0 Å². The molecule has 0 aliphatic heterocycles. The first-order chi connectivity index (χ1) is 22.5. The Labute approximate surface area is 288 Å². The van der Waals surface area contributed by atoms with Gasteiger partial charge in [-0.1, -0.05) is 140 Å². The Balaban J connectivity index is 4.17. The number of rotatable bonds is 35. The average Bonchev–Trinajstić information content (AvgIpc) is 3.03. The number of aliphatic hydroxyl groups excluding tert-OH is 1. The fourth-order valence-corrected chi connectivity index (χ4v) is 6.23. The van der Waals surface area contributed by atoms with Gasteiger partial charge in [-0.2, -0.15) is 0 Å². The maximum atomic E-state index is 11.0. The van der Waals surface area contributed by atoms with Crippen LogP contribution in [0.1, 0.15) is 168 Å². The van der Waals surface area contributed by atoms with Crippen molar-refractivity contribution in [3.05, 3.63) is 48.6 Å². The zero-order chi connectivity index (χ0) is 33.8. The fourth-order valence-electron chi connectivity index (χ4n) is 5.36. The van der Waals surface area contributed by atoms with Crippen LogP contribution >= 0.6 is 8.53 Å². The maximum Gasteiger partial charge on any atom is 0.253 e. The highest BCUT2D eigenvalue weighted by atomic mass is 31.2. The summed E-state index contributed by atoms with van der Waals surface area (Å²) in [4.78, 5) is 12.6. The van der Waals surface area contributed by atoms with Gasteiger partial charge in [-0.25, -0.2) is 5.09 Å². The van der Waals surface area contributed by atoms with Crippen molar-refractivity contribution in [3.8, 4) is 0 Å². The fraction of sp³-hybridized carbons (Fsp3) is 0.800. The first-order valence-electron chi connectivity index (χ1n) is 19.3. The second-order valence-electron chi connectivity index (χ2n) is 13.2. The summed E-state index contributed by atoms with van der Waals surface area (Å²) in [6.07, 6.45) is 45.7. The van der Waals surface area contributed by atoms with Crippen molar-refractivity contribution in [2.45, 2.75) is 180 Å². The number of likely N-dealkylation sites (N-methyl/N-ethyl adjacent to an activating group) is 1. The van der Waals surface area contributed by atoms with E-state index in [-0.39, 0.29) is 6.10 Å². The summed E-state index contributed by atoms with van der Waals surface area (Å²) in [7, 11) is 2.31. The second kappa shape index (κ2) is 37.0. The highest BCUT2D eigenvalue weighted by Gasteiger charge is 2.23. The number of aliphatic hydroxyl groups is 1. The van der Waals surface area contributed by atoms with Crippen LogP contribution in [0.2, 0.25) is 0 Å². The molecule has 0 saturated heterocycles. The van der Waals surface area contributed by atoms with E-state index in [0.29, 0.717) is 6.54 Å². The van der Waals surface area contributed by atoms with Crippen molar-refractivity contribution >= 4 is 8.53 Å². The molecule has 0 spiro atoms. The molecule has 46 heavy (non-hydrogen) atoms. The molecule has 270 valence electrons. The van der Waals surface area contributed by atoms with Crippen molar-refractivity contribution < 1.29 is 14.5 Å². The minimum atomic E-state index is -1.72. The van der Waals surface area contributed by atoms with Crippen LogP contribution in [0.4, 0.5) is 0 Å². The van der Waals surface area contributed by atoms with E-state index in [1.807, 2.05) is 14.1 Å². The molecule has 0 aliphatic carbocycles. The quantitative estimate of drug-likeness (QED) is 0.0357. The summed E-state index contributed by atoms with van der Waals surface area (Å²) < 4.78 is 6.00. The SMILES string of the molecule is CCCCC/C=C\C/C=C\CCCCCCCC(O)C(CCCCCCC/C=C\C/C=C\CCCCC)OP(O)NCCN(C)C. The minimum Gasteiger partial charge on any atom is -0.390 e. The van der Waals surface area contributed by atoms with Crippen LogP contribution in [0.15, 0.2) is 48.6 Å². The monoisotopic (exact) mass is 665 g/mol. The van der Waals surface area contributed by atoms with Crippen LogP contribution in [0.3, 0.4) is 0 Å². The predicted molar refractivity (Wildman–Crippen MR) is 205 cm³/mol. The molecule has 0 aromatic heterocycles. The molecule has 0 radical (unpaired) electrons. The number of allylic oxidation sites excluding steroid dienone is 8. The predicted octanol–water partition coefficient (Wildman–Crippen LogP) is 11.7. The lowest BCUT2D eigenvalue weighted by Crippen LogP contribution is -2.30. The molecule has 3 N–H and O–H groups in total. The number of nitrogens with one attached hydrogen (secondary N) is 1. The number of nitrogens with zero attached hydrogens (tertiary/aromatic N) is 1. The second-order valence-corrected chi connectivity index (χ2v) is 14.3. The van der Waals surface area contributed by atoms with Crippen LogP contribution in [0.5, 0.6) is 0 Å². The molecule has 0 aliphatic rings. The highest BCUT2D eigenvalue weighted by Crippen LogP contribution is 2.32. The number of hydrogen-bond donors (Lipinski definition) is 3. The molecular formula is C40H77N2O3P. The van der Waals surface area contributed by atoms with Gasteiger partial charge in [0.2, 0.25) is 0 Å². The van der Waals surface area contributed by atoms with Crippen molar-refractivity contribution in [2.75, 3.05) is 27.2 Å². The van der Waals surface area contributed by atoms with Crippen LogP contribution < -0.4 is 5.09 Å². The lowest BCUT2D eigenvalue weighted by atomic mass is 9.99. The normalized spacial score (nSPS) is 14.6. The van der Waals surface area contributed by atoms with Gasteiger partial charge in [0.25, 0.3) is 8.53 Å². The summed E-state index contributed by atoms with van der Waals surface area (Å²) in [5.74, 6) is 0. The molecule has 0 rings (SSSR count). The standard InChI is InChI=1S/C40H77N2O3P/c1-5-7-9-11-13-15-17-19-21-23-25-27-29-31-33-35-39(43)40(45-46(44)41-37-38-42(3)4)36-34-32-30-28-26-24-22-20-18-16-14-12-10-8-6-2/h13-16,19-22,39-41,43-44H,5-12,17-18,23-38H2,1-4H3/b15-13-,16-14-,21-19-,22-20-. The van der Waals surface area contributed by atoms with Gasteiger partial charge in [-0.15, -0.1) is 0 Å². The van der Waals surface area contributed by atoms with Crippen molar-refractivity contribution in [1.82, 2.24) is 9.99 Å². The molecule has 0 amide bonds. The Morgan fingerprint density at radius 1 is 0.587 bits per heavy atom. The van der Waals surface area contributed by atoms with E-state index in [9.17, 15) is 10.00 Å². The molecule has 0 heterocycles. The van der Waals surface area contributed by atoms with Crippen molar-refractivity contribution in [1.29, 1.82) is 0 Å². The van der Waals surface area contributed by atoms with Crippen molar-refractivity contribution in [3.63, 3.8) is 0 Å². The third-order valence-corrected chi connectivity index (χ3v) is 9.32. The summed E-state index contributed by atoms with van der Waals surface area (Å²) in [6, 6.07) is 0. The molecule has 3 atom stereocenters. The number of unbranched alkanes of at least 4 members (excludes halogenated alkanes) is 16. The first kappa shape index (κ1) is 45.2. The lowest BCUT2D eigenvalue weighted by Gasteiger charge is -2.26. The summed E-state index contributed by atoms with van der Waals surface area (Å²) in [6.45, 7) is 6.02. The Morgan fingerprint density at radius 2 is 1.00 bits per heavy atom. The molecule has 5 nitrogen and oxygen atoms in total. The van der Waals surface area contributed by atoms with E-state index in [1.54, 1.807) is 0 Å². The molecule has 6 heteroatoms.